The Morgan fingerprint density at radius 3 is 2.72 bits per heavy atom. The highest BCUT2D eigenvalue weighted by Gasteiger charge is 2.18. The van der Waals surface area contributed by atoms with Gasteiger partial charge in [0, 0.05) is 37.9 Å². The molecule has 92 valence electrons. The fraction of sp³-hybridized carbons (Fsp3) is 0.273. The van der Waals surface area contributed by atoms with E-state index in [-0.39, 0.29) is 5.56 Å². The Hall–Kier alpha value is -2.44. The van der Waals surface area contributed by atoms with Gasteiger partial charge in [-0.2, -0.15) is 0 Å². The summed E-state index contributed by atoms with van der Waals surface area (Å²) in [5.41, 5.74) is 0.0947. The van der Waals surface area contributed by atoms with Gasteiger partial charge in [0.25, 0.3) is 0 Å². The molecule has 0 aliphatic carbocycles. The molecular formula is C11H11N5O2. The van der Waals surface area contributed by atoms with Crippen molar-refractivity contribution in [2.24, 2.45) is 0 Å². The van der Waals surface area contributed by atoms with Crippen LogP contribution in [-0.2, 0) is 13.1 Å². The van der Waals surface area contributed by atoms with Gasteiger partial charge in [-0.1, -0.05) is 0 Å². The second-order valence-electron chi connectivity index (χ2n) is 4.04. The van der Waals surface area contributed by atoms with Gasteiger partial charge < -0.3 is 14.6 Å². The molecule has 7 nitrogen and oxygen atoms in total. The maximum Gasteiger partial charge on any atom is 0.338 e. The number of aromatic nitrogens is 4. The number of carboxylic acids is 1. The molecule has 0 amide bonds. The topological polar surface area (TPSA) is 84.1 Å². The fourth-order valence-electron chi connectivity index (χ4n) is 1.94. The van der Waals surface area contributed by atoms with E-state index in [1.165, 1.54) is 12.4 Å². The van der Waals surface area contributed by atoms with Crippen LogP contribution < -0.4 is 4.90 Å². The van der Waals surface area contributed by atoms with Gasteiger partial charge in [-0.15, -0.1) is 0 Å². The zero-order valence-corrected chi connectivity index (χ0v) is 9.52. The zero-order valence-electron chi connectivity index (χ0n) is 9.52. The first-order chi connectivity index (χ1) is 8.74. The quantitative estimate of drug-likeness (QED) is 0.824. The minimum Gasteiger partial charge on any atom is -0.478 e. The Morgan fingerprint density at radius 2 is 2.00 bits per heavy atom. The molecule has 0 aromatic carbocycles. The minimum absolute atomic E-state index is 0.0947. The molecule has 0 fully saturated rings. The molecule has 0 bridgehead atoms. The summed E-state index contributed by atoms with van der Waals surface area (Å²) in [5, 5.41) is 8.78. The molecule has 7 heteroatoms. The molecule has 2 aromatic rings. The van der Waals surface area contributed by atoms with Gasteiger partial charge in [0.15, 0.2) is 0 Å². The molecule has 3 rings (SSSR count). The molecule has 1 N–H and O–H groups in total. The lowest BCUT2D eigenvalue weighted by atomic mass is 10.3. The smallest absolute Gasteiger partial charge is 0.338 e. The van der Waals surface area contributed by atoms with Crippen molar-refractivity contribution in [3.63, 3.8) is 0 Å². The van der Waals surface area contributed by atoms with Crippen LogP contribution in [-0.4, -0.2) is 37.1 Å². The van der Waals surface area contributed by atoms with Crippen molar-refractivity contribution in [1.82, 2.24) is 19.5 Å². The van der Waals surface area contributed by atoms with E-state index in [1.54, 1.807) is 6.20 Å². The zero-order chi connectivity index (χ0) is 12.5. The maximum atomic E-state index is 10.7. The van der Waals surface area contributed by atoms with E-state index in [0.29, 0.717) is 12.5 Å². The van der Waals surface area contributed by atoms with Crippen LogP contribution in [0.5, 0.6) is 0 Å². The third-order valence-corrected chi connectivity index (χ3v) is 2.91. The Labute approximate surface area is 103 Å². The Morgan fingerprint density at radius 1 is 1.22 bits per heavy atom. The molecule has 0 unspecified atom stereocenters. The van der Waals surface area contributed by atoms with E-state index < -0.39 is 5.97 Å². The fourth-order valence-corrected chi connectivity index (χ4v) is 1.94. The predicted octanol–water partition coefficient (Wildman–Crippen LogP) is 0.391. The van der Waals surface area contributed by atoms with Gasteiger partial charge in [-0.25, -0.2) is 19.7 Å². The van der Waals surface area contributed by atoms with Crippen molar-refractivity contribution in [3.05, 3.63) is 36.2 Å². The van der Waals surface area contributed by atoms with Crippen LogP contribution in [0.3, 0.4) is 0 Å². The number of hydrogen-bond acceptors (Lipinski definition) is 5. The standard InChI is InChI=1S/C11H11N5O2/c17-10(18)8-5-13-11(14-6-8)16-4-3-15-2-1-12-9(15)7-16/h1-2,5-6H,3-4,7H2,(H,17,18). The maximum absolute atomic E-state index is 10.7. The lowest BCUT2D eigenvalue weighted by Crippen LogP contribution is -2.34. The van der Waals surface area contributed by atoms with Crippen LogP contribution in [0, 0.1) is 0 Å². The molecule has 3 heterocycles. The van der Waals surface area contributed by atoms with Crippen molar-refractivity contribution in [1.29, 1.82) is 0 Å². The molecule has 2 aromatic heterocycles. The van der Waals surface area contributed by atoms with Crippen LogP contribution in [0.25, 0.3) is 0 Å². The molecule has 1 aliphatic rings. The number of anilines is 1. The number of rotatable bonds is 2. The van der Waals surface area contributed by atoms with E-state index in [4.69, 9.17) is 5.11 Å². The normalized spacial score (nSPS) is 14.3. The second kappa shape index (κ2) is 4.10. The SMILES string of the molecule is O=C(O)c1cnc(N2CCn3ccnc3C2)nc1. The molecule has 0 saturated carbocycles. The largest absolute Gasteiger partial charge is 0.478 e. The molecule has 0 atom stereocenters. The molecular weight excluding hydrogens is 234 g/mol. The Balaban J connectivity index is 1.82. The summed E-state index contributed by atoms with van der Waals surface area (Å²) >= 11 is 0. The average molecular weight is 245 g/mol. The van der Waals surface area contributed by atoms with Crippen molar-refractivity contribution in [3.8, 4) is 0 Å². The number of nitrogens with zero attached hydrogens (tertiary/aromatic N) is 5. The monoisotopic (exact) mass is 245 g/mol. The van der Waals surface area contributed by atoms with Crippen LogP contribution in [0.2, 0.25) is 0 Å². The molecule has 0 saturated heterocycles. The molecule has 18 heavy (non-hydrogen) atoms. The van der Waals surface area contributed by atoms with Crippen LogP contribution in [0.4, 0.5) is 5.95 Å². The third kappa shape index (κ3) is 1.79. The molecule has 1 aliphatic heterocycles. The average Bonchev–Trinajstić information content (AvgIpc) is 2.86. The number of fused-ring (bicyclic) bond motifs is 1. The van der Waals surface area contributed by atoms with Crippen LogP contribution >= 0.6 is 0 Å². The highest BCUT2D eigenvalue weighted by molar-refractivity contribution is 5.86. The van der Waals surface area contributed by atoms with E-state index >= 15 is 0 Å². The first-order valence-electron chi connectivity index (χ1n) is 5.54. The van der Waals surface area contributed by atoms with Gasteiger partial charge in [0.05, 0.1) is 12.1 Å². The summed E-state index contributed by atoms with van der Waals surface area (Å²) in [7, 11) is 0. The van der Waals surface area contributed by atoms with E-state index in [0.717, 1.165) is 18.9 Å². The van der Waals surface area contributed by atoms with E-state index in [9.17, 15) is 4.79 Å². The molecule has 0 radical (unpaired) electrons. The summed E-state index contributed by atoms with van der Waals surface area (Å²) < 4.78 is 2.09. The lowest BCUT2D eigenvalue weighted by molar-refractivity contribution is 0.0696. The minimum atomic E-state index is -1.02. The van der Waals surface area contributed by atoms with Crippen molar-refractivity contribution >= 4 is 11.9 Å². The Kier molecular flexibility index (Phi) is 2.44. The van der Waals surface area contributed by atoms with Crippen molar-refractivity contribution < 1.29 is 9.90 Å². The summed E-state index contributed by atoms with van der Waals surface area (Å²) in [6.45, 7) is 2.26. The van der Waals surface area contributed by atoms with Gasteiger partial charge in [0.1, 0.15) is 5.82 Å². The van der Waals surface area contributed by atoms with Crippen LogP contribution in [0.15, 0.2) is 24.8 Å². The summed E-state index contributed by atoms with van der Waals surface area (Å²) in [5.74, 6) is 0.483. The third-order valence-electron chi connectivity index (χ3n) is 2.91. The van der Waals surface area contributed by atoms with Crippen molar-refractivity contribution in [2.75, 3.05) is 11.4 Å². The highest BCUT2D eigenvalue weighted by Crippen LogP contribution is 2.15. The predicted molar refractivity (Wildman–Crippen MR) is 62.3 cm³/mol. The molecule has 0 spiro atoms. The summed E-state index contributed by atoms with van der Waals surface area (Å²) in [6.07, 6.45) is 6.37. The first-order valence-corrected chi connectivity index (χ1v) is 5.54. The number of aromatic carboxylic acids is 1. The highest BCUT2D eigenvalue weighted by atomic mass is 16.4. The number of carbonyl (C=O) groups is 1. The number of hydrogen-bond donors (Lipinski definition) is 1. The number of imidazole rings is 1. The van der Waals surface area contributed by atoms with E-state index in [1.807, 2.05) is 11.1 Å². The number of carboxylic acid groups (broad SMARTS) is 1. The van der Waals surface area contributed by atoms with Gasteiger partial charge in [-0.05, 0) is 0 Å². The second-order valence-corrected chi connectivity index (χ2v) is 4.04. The summed E-state index contributed by atoms with van der Waals surface area (Å²) in [6, 6.07) is 0. The Bertz CT molecular complexity index is 577. The van der Waals surface area contributed by atoms with Gasteiger partial charge in [0.2, 0.25) is 5.95 Å². The van der Waals surface area contributed by atoms with Crippen LogP contribution in [0.1, 0.15) is 16.2 Å². The van der Waals surface area contributed by atoms with Gasteiger partial charge in [-0.3, -0.25) is 0 Å². The van der Waals surface area contributed by atoms with E-state index in [2.05, 4.69) is 19.5 Å². The van der Waals surface area contributed by atoms with Crippen molar-refractivity contribution in [2.45, 2.75) is 13.1 Å². The van der Waals surface area contributed by atoms with Gasteiger partial charge >= 0.3 is 5.97 Å². The summed E-state index contributed by atoms with van der Waals surface area (Å²) in [4.78, 5) is 25.1. The first kappa shape index (κ1) is 10.7. The lowest BCUT2D eigenvalue weighted by Gasteiger charge is -2.27.